The molecule has 0 spiro atoms. The highest BCUT2D eigenvalue weighted by atomic mass is 16.2. The summed E-state index contributed by atoms with van der Waals surface area (Å²) in [5.74, 6) is -2.26. The van der Waals surface area contributed by atoms with Crippen molar-refractivity contribution in [2.24, 2.45) is 11.5 Å². The molecular weight excluding hydrogens is 412 g/mol. The van der Waals surface area contributed by atoms with Crippen molar-refractivity contribution in [3.05, 3.63) is 95.1 Å². The lowest BCUT2D eigenvalue weighted by molar-refractivity contribution is 0.0908. The molecule has 2 heterocycles. The predicted octanol–water partition coefficient (Wildman–Crippen LogP) is 0.575. The number of benzene rings is 1. The molecule has 0 bridgehead atoms. The molecule has 2 aromatic heterocycles. The van der Waals surface area contributed by atoms with Crippen molar-refractivity contribution in [2.75, 3.05) is 6.54 Å². The molecule has 0 saturated carbocycles. The zero-order valence-corrected chi connectivity index (χ0v) is 16.8. The van der Waals surface area contributed by atoms with Crippen molar-refractivity contribution in [3.63, 3.8) is 0 Å². The fourth-order valence-electron chi connectivity index (χ4n) is 2.82. The van der Waals surface area contributed by atoms with Gasteiger partial charge >= 0.3 is 0 Å². The van der Waals surface area contributed by atoms with E-state index in [1.165, 1.54) is 36.7 Å². The van der Waals surface area contributed by atoms with Gasteiger partial charge < -0.3 is 22.1 Å². The summed E-state index contributed by atoms with van der Waals surface area (Å²) < 4.78 is 0. The van der Waals surface area contributed by atoms with Crippen LogP contribution in [0.4, 0.5) is 0 Å². The molecule has 0 fully saturated rings. The Morgan fingerprint density at radius 2 is 1.28 bits per heavy atom. The van der Waals surface area contributed by atoms with Crippen LogP contribution in [0.5, 0.6) is 0 Å². The second-order valence-corrected chi connectivity index (χ2v) is 6.74. The van der Waals surface area contributed by atoms with Crippen molar-refractivity contribution in [2.45, 2.75) is 6.04 Å². The maximum Gasteiger partial charge on any atom is 0.267 e. The second kappa shape index (κ2) is 9.94. The van der Waals surface area contributed by atoms with Crippen LogP contribution in [-0.4, -0.2) is 40.1 Å². The number of hydrogen-bond donors (Lipinski definition) is 4. The minimum atomic E-state index is -0.694. The number of carbonyl (C=O) groups is 4. The zero-order chi connectivity index (χ0) is 23.1. The Kier molecular flexibility index (Phi) is 6.86. The van der Waals surface area contributed by atoms with Crippen molar-refractivity contribution in [1.82, 2.24) is 20.6 Å². The third-order valence-electron chi connectivity index (χ3n) is 4.53. The molecule has 3 aromatic rings. The summed E-state index contributed by atoms with van der Waals surface area (Å²) in [7, 11) is 0. The van der Waals surface area contributed by atoms with Gasteiger partial charge in [-0.25, -0.2) is 0 Å². The molecule has 4 amide bonds. The molecule has 10 heteroatoms. The van der Waals surface area contributed by atoms with E-state index < -0.39 is 29.7 Å². The van der Waals surface area contributed by atoms with Gasteiger partial charge in [-0.1, -0.05) is 30.3 Å². The van der Waals surface area contributed by atoms with Gasteiger partial charge in [0.1, 0.15) is 11.4 Å². The molecule has 162 valence electrons. The molecule has 0 aliphatic heterocycles. The Hall–Kier alpha value is -4.60. The summed E-state index contributed by atoms with van der Waals surface area (Å²) in [4.78, 5) is 55.2. The SMILES string of the molecule is NC(=O)c1ccc(C(=O)NCC(NC(=O)c2ccc(C(N)=O)nc2)c2ccccc2)cn1. The second-order valence-electron chi connectivity index (χ2n) is 6.74. The van der Waals surface area contributed by atoms with Gasteiger partial charge in [-0.05, 0) is 29.8 Å². The molecule has 1 atom stereocenters. The Bertz CT molecular complexity index is 1130. The number of nitrogens with zero attached hydrogens (tertiary/aromatic N) is 2. The Labute approximate surface area is 183 Å². The summed E-state index contributed by atoms with van der Waals surface area (Å²) in [5.41, 5.74) is 11.6. The van der Waals surface area contributed by atoms with Crippen LogP contribution >= 0.6 is 0 Å². The van der Waals surface area contributed by atoms with E-state index >= 15 is 0 Å². The van der Waals surface area contributed by atoms with E-state index in [0.29, 0.717) is 0 Å². The van der Waals surface area contributed by atoms with Crippen LogP contribution in [0.1, 0.15) is 53.3 Å². The van der Waals surface area contributed by atoms with Gasteiger partial charge in [0.15, 0.2) is 0 Å². The highest BCUT2D eigenvalue weighted by Crippen LogP contribution is 2.13. The molecule has 0 aliphatic carbocycles. The lowest BCUT2D eigenvalue weighted by atomic mass is 10.1. The third kappa shape index (κ3) is 5.51. The van der Waals surface area contributed by atoms with Gasteiger partial charge in [-0.3, -0.25) is 29.1 Å². The van der Waals surface area contributed by atoms with E-state index in [2.05, 4.69) is 20.6 Å². The van der Waals surface area contributed by atoms with Gasteiger partial charge in [-0.15, -0.1) is 0 Å². The number of amides is 4. The molecule has 1 aromatic carbocycles. The number of pyridine rings is 2. The average molecular weight is 432 g/mol. The predicted molar refractivity (Wildman–Crippen MR) is 114 cm³/mol. The van der Waals surface area contributed by atoms with Gasteiger partial charge in [0, 0.05) is 18.9 Å². The first-order valence-corrected chi connectivity index (χ1v) is 9.51. The molecule has 10 nitrogen and oxygen atoms in total. The molecular formula is C22H20N6O4. The van der Waals surface area contributed by atoms with Crippen LogP contribution in [0.25, 0.3) is 0 Å². The van der Waals surface area contributed by atoms with E-state index in [1.807, 2.05) is 30.3 Å². The zero-order valence-electron chi connectivity index (χ0n) is 16.8. The van der Waals surface area contributed by atoms with E-state index in [4.69, 9.17) is 11.5 Å². The average Bonchev–Trinajstić information content (AvgIpc) is 2.82. The number of nitrogens with two attached hydrogens (primary N) is 2. The van der Waals surface area contributed by atoms with E-state index in [9.17, 15) is 19.2 Å². The smallest absolute Gasteiger partial charge is 0.267 e. The first-order valence-electron chi connectivity index (χ1n) is 9.51. The Balaban J connectivity index is 1.72. The number of hydrogen-bond acceptors (Lipinski definition) is 6. The number of primary amides is 2. The summed E-state index contributed by atoms with van der Waals surface area (Å²) in [6, 6.07) is 14.1. The maximum atomic E-state index is 12.7. The minimum absolute atomic E-state index is 0.0457. The normalized spacial score (nSPS) is 11.2. The molecule has 32 heavy (non-hydrogen) atoms. The van der Waals surface area contributed by atoms with Gasteiger partial charge in [0.25, 0.3) is 23.6 Å². The number of rotatable bonds is 8. The van der Waals surface area contributed by atoms with Crippen LogP contribution in [0.15, 0.2) is 67.0 Å². The van der Waals surface area contributed by atoms with Gasteiger partial charge in [0.2, 0.25) is 0 Å². The topological polar surface area (TPSA) is 170 Å². The van der Waals surface area contributed by atoms with E-state index in [0.717, 1.165) is 5.56 Å². The fraction of sp³-hybridized carbons (Fsp3) is 0.0909. The van der Waals surface area contributed by atoms with Gasteiger partial charge in [-0.2, -0.15) is 0 Å². The molecule has 1 unspecified atom stereocenters. The molecule has 0 radical (unpaired) electrons. The highest BCUT2D eigenvalue weighted by Gasteiger charge is 2.18. The van der Waals surface area contributed by atoms with Crippen molar-refractivity contribution in [3.8, 4) is 0 Å². The lowest BCUT2D eigenvalue weighted by Gasteiger charge is -2.20. The Morgan fingerprint density at radius 1 is 0.750 bits per heavy atom. The van der Waals surface area contributed by atoms with Crippen molar-refractivity contribution in [1.29, 1.82) is 0 Å². The van der Waals surface area contributed by atoms with Gasteiger partial charge in [0.05, 0.1) is 17.2 Å². The molecule has 3 rings (SSSR count). The molecule has 0 aliphatic rings. The van der Waals surface area contributed by atoms with E-state index in [1.54, 1.807) is 0 Å². The van der Waals surface area contributed by atoms with Crippen molar-refractivity contribution >= 4 is 23.6 Å². The lowest BCUT2D eigenvalue weighted by Crippen LogP contribution is -2.38. The van der Waals surface area contributed by atoms with Crippen LogP contribution in [0.2, 0.25) is 0 Å². The summed E-state index contributed by atoms with van der Waals surface area (Å²) >= 11 is 0. The largest absolute Gasteiger partial charge is 0.364 e. The summed E-state index contributed by atoms with van der Waals surface area (Å²) in [5, 5.41) is 5.58. The van der Waals surface area contributed by atoms with Crippen molar-refractivity contribution < 1.29 is 19.2 Å². The first kappa shape index (κ1) is 22.1. The monoisotopic (exact) mass is 432 g/mol. The quantitative estimate of drug-likeness (QED) is 0.405. The number of aromatic nitrogens is 2. The number of carbonyl (C=O) groups excluding carboxylic acids is 4. The highest BCUT2D eigenvalue weighted by molar-refractivity contribution is 5.97. The van der Waals surface area contributed by atoms with Crippen LogP contribution in [0, 0.1) is 0 Å². The Morgan fingerprint density at radius 3 is 1.75 bits per heavy atom. The first-order chi connectivity index (χ1) is 15.3. The number of nitrogens with one attached hydrogen (secondary N) is 2. The van der Waals surface area contributed by atoms with Crippen LogP contribution in [-0.2, 0) is 0 Å². The minimum Gasteiger partial charge on any atom is -0.364 e. The maximum absolute atomic E-state index is 12.7. The standard InChI is InChI=1S/C22H20N6O4/c23-19(29)16-8-6-14(10-25-16)21(31)27-12-18(13-4-2-1-3-5-13)28-22(32)15-7-9-17(20(24)30)26-11-15/h1-11,18H,12H2,(H2,23,29)(H2,24,30)(H,27,31)(H,28,32). The van der Waals surface area contributed by atoms with Crippen LogP contribution < -0.4 is 22.1 Å². The molecule has 6 N–H and O–H groups in total. The summed E-state index contributed by atoms with van der Waals surface area (Å²) in [6.45, 7) is 0.0823. The third-order valence-corrected chi connectivity index (χ3v) is 4.53. The van der Waals surface area contributed by atoms with E-state index in [-0.39, 0.29) is 29.1 Å². The van der Waals surface area contributed by atoms with Crippen LogP contribution in [0.3, 0.4) is 0 Å². The summed E-state index contributed by atoms with van der Waals surface area (Å²) in [6.07, 6.45) is 2.50. The molecule has 0 saturated heterocycles. The fourth-order valence-corrected chi connectivity index (χ4v) is 2.82.